The monoisotopic (exact) mass is 348 g/mol. The standard InChI is InChI=1S/C22H24N2O2/c1-4-26-17-9-7-8-16(14-17)12-13-22-21(2,3)18-10-5-6-11-19(18)24(22)15-20(25)23-22/h5-14H,4,15H2,1-3H3,(H,23,25)/b13-12+/t22-/m0/s1. The maximum absolute atomic E-state index is 12.3. The van der Waals surface area contributed by atoms with Gasteiger partial charge in [0.15, 0.2) is 0 Å². The van der Waals surface area contributed by atoms with Crippen molar-refractivity contribution in [2.45, 2.75) is 31.8 Å². The number of hydrogen-bond acceptors (Lipinski definition) is 3. The Morgan fingerprint density at radius 3 is 2.81 bits per heavy atom. The third-order valence-electron chi connectivity index (χ3n) is 5.56. The highest BCUT2D eigenvalue weighted by Gasteiger charge is 2.59. The molecule has 2 aromatic rings. The van der Waals surface area contributed by atoms with Crippen LogP contribution in [0.5, 0.6) is 5.75 Å². The highest BCUT2D eigenvalue weighted by Crippen LogP contribution is 2.52. The molecule has 26 heavy (non-hydrogen) atoms. The van der Waals surface area contributed by atoms with Gasteiger partial charge in [0.25, 0.3) is 0 Å². The summed E-state index contributed by atoms with van der Waals surface area (Å²) >= 11 is 0. The van der Waals surface area contributed by atoms with Crippen molar-refractivity contribution in [2.75, 3.05) is 18.1 Å². The van der Waals surface area contributed by atoms with Crippen molar-refractivity contribution in [3.8, 4) is 5.75 Å². The lowest BCUT2D eigenvalue weighted by molar-refractivity contribution is -0.118. The van der Waals surface area contributed by atoms with Gasteiger partial charge in [0.2, 0.25) is 5.91 Å². The fourth-order valence-electron chi connectivity index (χ4n) is 4.23. The van der Waals surface area contributed by atoms with Crippen LogP contribution in [0.4, 0.5) is 5.69 Å². The Labute approximate surface area is 154 Å². The number of rotatable bonds is 4. The molecule has 0 aromatic heterocycles. The summed E-state index contributed by atoms with van der Waals surface area (Å²) < 4.78 is 5.60. The molecule has 2 aliphatic rings. The van der Waals surface area contributed by atoms with Crippen LogP contribution in [0, 0.1) is 0 Å². The summed E-state index contributed by atoms with van der Waals surface area (Å²) in [6.07, 6.45) is 4.21. The molecule has 0 unspecified atom stereocenters. The van der Waals surface area contributed by atoms with Crippen molar-refractivity contribution in [3.05, 3.63) is 65.7 Å². The van der Waals surface area contributed by atoms with Crippen molar-refractivity contribution < 1.29 is 9.53 Å². The van der Waals surface area contributed by atoms with Gasteiger partial charge in [-0.15, -0.1) is 0 Å². The van der Waals surface area contributed by atoms with Crippen LogP contribution in [-0.2, 0) is 10.2 Å². The van der Waals surface area contributed by atoms with Gasteiger partial charge in [-0.3, -0.25) is 4.79 Å². The average Bonchev–Trinajstić information content (AvgIpc) is 3.06. The van der Waals surface area contributed by atoms with Crippen LogP contribution in [0.2, 0.25) is 0 Å². The number of fused-ring (bicyclic) bond motifs is 3. The Morgan fingerprint density at radius 2 is 2.00 bits per heavy atom. The van der Waals surface area contributed by atoms with E-state index in [-0.39, 0.29) is 11.3 Å². The van der Waals surface area contributed by atoms with E-state index in [0.717, 1.165) is 17.0 Å². The van der Waals surface area contributed by atoms with Gasteiger partial charge in [-0.25, -0.2) is 0 Å². The highest BCUT2D eigenvalue weighted by atomic mass is 16.5. The minimum absolute atomic E-state index is 0.0558. The zero-order valence-electron chi connectivity index (χ0n) is 15.5. The molecular weight excluding hydrogens is 324 g/mol. The van der Waals surface area contributed by atoms with E-state index in [1.807, 2.05) is 37.3 Å². The van der Waals surface area contributed by atoms with E-state index in [4.69, 9.17) is 4.74 Å². The molecule has 2 heterocycles. The predicted molar refractivity (Wildman–Crippen MR) is 104 cm³/mol. The largest absolute Gasteiger partial charge is 0.494 e. The maximum Gasteiger partial charge on any atom is 0.241 e. The molecule has 0 saturated carbocycles. The van der Waals surface area contributed by atoms with Crippen LogP contribution in [0.1, 0.15) is 31.9 Å². The van der Waals surface area contributed by atoms with Crippen molar-refractivity contribution in [2.24, 2.45) is 0 Å². The zero-order valence-corrected chi connectivity index (χ0v) is 15.5. The molecule has 1 amide bonds. The number of carbonyl (C=O) groups excluding carboxylic acids is 1. The van der Waals surface area contributed by atoms with Gasteiger partial charge in [-0.1, -0.05) is 50.3 Å². The summed E-state index contributed by atoms with van der Waals surface area (Å²) in [7, 11) is 0. The first kappa shape index (κ1) is 16.7. The third kappa shape index (κ3) is 2.32. The molecule has 2 aliphatic heterocycles. The van der Waals surface area contributed by atoms with E-state index < -0.39 is 5.66 Å². The number of nitrogens with zero attached hydrogens (tertiary/aromatic N) is 1. The van der Waals surface area contributed by atoms with E-state index in [9.17, 15) is 4.79 Å². The second kappa shape index (κ2) is 5.90. The molecule has 1 saturated heterocycles. The summed E-state index contributed by atoms with van der Waals surface area (Å²) in [5.41, 5.74) is 2.63. The lowest BCUT2D eigenvalue weighted by Crippen LogP contribution is -2.58. The SMILES string of the molecule is CCOc1cccc(/C=C/[C@]23NC(=O)CN2c2ccccc2C3(C)C)c1. The summed E-state index contributed by atoms with van der Waals surface area (Å²) in [5, 5.41) is 3.25. The summed E-state index contributed by atoms with van der Waals surface area (Å²) in [6.45, 7) is 7.38. The van der Waals surface area contributed by atoms with Gasteiger partial charge >= 0.3 is 0 Å². The molecule has 4 rings (SSSR count). The second-order valence-corrected chi connectivity index (χ2v) is 7.38. The van der Waals surface area contributed by atoms with Crippen LogP contribution >= 0.6 is 0 Å². The second-order valence-electron chi connectivity index (χ2n) is 7.38. The van der Waals surface area contributed by atoms with E-state index in [0.29, 0.717) is 13.2 Å². The molecule has 0 radical (unpaired) electrons. The van der Waals surface area contributed by atoms with E-state index in [1.54, 1.807) is 0 Å². The van der Waals surface area contributed by atoms with Crippen LogP contribution in [0.3, 0.4) is 0 Å². The Balaban J connectivity index is 1.76. The Bertz CT molecular complexity index is 887. The van der Waals surface area contributed by atoms with Crippen LogP contribution in [-0.4, -0.2) is 24.7 Å². The number of nitrogens with one attached hydrogen (secondary N) is 1. The minimum Gasteiger partial charge on any atom is -0.494 e. The molecule has 4 nitrogen and oxygen atoms in total. The van der Waals surface area contributed by atoms with Gasteiger partial charge in [0.1, 0.15) is 11.4 Å². The van der Waals surface area contributed by atoms with Gasteiger partial charge in [0, 0.05) is 11.1 Å². The predicted octanol–water partition coefficient (Wildman–Crippen LogP) is 3.72. The lowest BCUT2D eigenvalue weighted by atomic mass is 9.75. The number of ether oxygens (including phenoxy) is 1. The fourth-order valence-corrected chi connectivity index (χ4v) is 4.23. The van der Waals surface area contributed by atoms with Gasteiger partial charge in [-0.2, -0.15) is 0 Å². The zero-order chi connectivity index (χ0) is 18.4. The van der Waals surface area contributed by atoms with Crippen molar-refractivity contribution in [1.29, 1.82) is 0 Å². The van der Waals surface area contributed by atoms with Gasteiger partial charge in [-0.05, 0) is 42.3 Å². The molecule has 134 valence electrons. The van der Waals surface area contributed by atoms with E-state index in [2.05, 4.69) is 54.4 Å². The molecule has 0 bridgehead atoms. The Morgan fingerprint density at radius 1 is 1.19 bits per heavy atom. The quantitative estimate of drug-likeness (QED) is 0.915. The Kier molecular flexibility index (Phi) is 3.79. The van der Waals surface area contributed by atoms with Crippen molar-refractivity contribution in [3.63, 3.8) is 0 Å². The first-order valence-corrected chi connectivity index (χ1v) is 9.08. The van der Waals surface area contributed by atoms with Crippen molar-refractivity contribution in [1.82, 2.24) is 5.32 Å². The number of carbonyl (C=O) groups is 1. The lowest BCUT2D eigenvalue weighted by Gasteiger charge is -2.40. The topological polar surface area (TPSA) is 41.6 Å². The fraction of sp³-hybridized carbons (Fsp3) is 0.318. The van der Waals surface area contributed by atoms with Crippen LogP contribution in [0.25, 0.3) is 6.08 Å². The number of benzene rings is 2. The summed E-state index contributed by atoms with van der Waals surface area (Å²) in [4.78, 5) is 14.5. The van der Waals surface area contributed by atoms with Gasteiger partial charge < -0.3 is 15.0 Å². The first-order valence-electron chi connectivity index (χ1n) is 9.08. The van der Waals surface area contributed by atoms with E-state index >= 15 is 0 Å². The third-order valence-corrected chi connectivity index (χ3v) is 5.56. The molecule has 0 spiro atoms. The number of anilines is 1. The molecule has 2 aromatic carbocycles. The van der Waals surface area contributed by atoms with Crippen LogP contribution < -0.4 is 15.0 Å². The summed E-state index contributed by atoms with van der Waals surface area (Å²) in [5.74, 6) is 0.911. The average molecular weight is 348 g/mol. The minimum atomic E-state index is -0.560. The highest BCUT2D eigenvalue weighted by molar-refractivity contribution is 5.91. The van der Waals surface area contributed by atoms with Gasteiger partial charge in [0.05, 0.1) is 13.2 Å². The normalized spacial score (nSPS) is 23.0. The Hall–Kier alpha value is -2.75. The molecule has 1 N–H and O–H groups in total. The van der Waals surface area contributed by atoms with Crippen molar-refractivity contribution >= 4 is 17.7 Å². The molecule has 1 atom stereocenters. The summed E-state index contributed by atoms with van der Waals surface area (Å²) in [6, 6.07) is 16.4. The van der Waals surface area contributed by atoms with E-state index in [1.165, 1.54) is 5.56 Å². The smallest absolute Gasteiger partial charge is 0.241 e. The maximum atomic E-state index is 12.3. The number of para-hydroxylation sites is 1. The number of amides is 1. The molecule has 1 fully saturated rings. The number of hydrogen-bond donors (Lipinski definition) is 1. The first-order chi connectivity index (χ1) is 12.5. The van der Waals surface area contributed by atoms with Crippen LogP contribution in [0.15, 0.2) is 54.6 Å². The molecular formula is C22H24N2O2. The molecule has 0 aliphatic carbocycles. The molecule has 4 heteroatoms.